The van der Waals surface area contributed by atoms with E-state index in [1.165, 1.54) is 4.90 Å². The summed E-state index contributed by atoms with van der Waals surface area (Å²) in [7, 11) is 1.70. The first-order valence-corrected chi connectivity index (χ1v) is 10.8. The molecule has 7 heteroatoms. The van der Waals surface area contributed by atoms with E-state index in [1.807, 2.05) is 44.2 Å². The van der Waals surface area contributed by atoms with Crippen LogP contribution in [0.5, 0.6) is 5.75 Å². The summed E-state index contributed by atoms with van der Waals surface area (Å²) in [6.45, 7) is 11.8. The highest BCUT2D eigenvalue weighted by Gasteiger charge is 2.13. The van der Waals surface area contributed by atoms with Gasteiger partial charge in [0.15, 0.2) is 0 Å². The molecule has 3 rings (SSSR count). The van der Waals surface area contributed by atoms with Gasteiger partial charge in [0.1, 0.15) is 12.3 Å². The van der Waals surface area contributed by atoms with Gasteiger partial charge in [0.05, 0.1) is 36.8 Å². The van der Waals surface area contributed by atoms with Crippen LogP contribution in [0, 0.1) is 0 Å². The van der Waals surface area contributed by atoms with Crippen molar-refractivity contribution in [1.82, 2.24) is 9.55 Å². The molecule has 0 aliphatic carbocycles. The van der Waals surface area contributed by atoms with Crippen LogP contribution in [0.2, 0.25) is 0 Å². The number of fused-ring (bicyclic) bond motifs is 1. The Morgan fingerprint density at radius 2 is 1.90 bits per heavy atom. The van der Waals surface area contributed by atoms with Crippen molar-refractivity contribution in [2.24, 2.45) is 5.10 Å². The van der Waals surface area contributed by atoms with Crippen molar-refractivity contribution in [1.29, 1.82) is 0 Å². The second-order valence-electron chi connectivity index (χ2n) is 7.47. The number of hydrogen-bond acceptors (Lipinski definition) is 5. The molecular weight excluding hydrogens is 390 g/mol. The second-order valence-corrected chi connectivity index (χ2v) is 7.47. The van der Waals surface area contributed by atoms with Crippen molar-refractivity contribution >= 4 is 22.6 Å². The molecule has 0 saturated heterocycles. The van der Waals surface area contributed by atoms with Gasteiger partial charge in [-0.25, -0.2) is 10.4 Å². The minimum Gasteiger partial charge on any atom is -0.496 e. The van der Waals surface area contributed by atoms with Gasteiger partial charge in [-0.15, -0.1) is 0 Å². The van der Waals surface area contributed by atoms with Crippen molar-refractivity contribution in [3.8, 4) is 5.75 Å². The van der Waals surface area contributed by atoms with E-state index < -0.39 is 0 Å². The zero-order valence-electron chi connectivity index (χ0n) is 19.0. The number of hydrogen-bond donors (Lipinski definition) is 2. The number of aromatic nitrogens is 2. The van der Waals surface area contributed by atoms with E-state index in [0.717, 1.165) is 42.2 Å². The van der Waals surface area contributed by atoms with E-state index in [9.17, 15) is 4.79 Å². The van der Waals surface area contributed by atoms with Crippen LogP contribution in [0.15, 0.2) is 52.4 Å². The van der Waals surface area contributed by atoms with Gasteiger partial charge in [0, 0.05) is 12.1 Å². The normalized spacial score (nSPS) is 11.9. The average Bonchev–Trinajstić information content (AvgIpc) is 2.80. The molecule has 0 aliphatic rings. The number of anilines is 1. The van der Waals surface area contributed by atoms with Crippen LogP contribution < -0.4 is 20.6 Å². The Balaban J connectivity index is 1.92. The maximum atomic E-state index is 12.8. The molecule has 0 amide bonds. The summed E-state index contributed by atoms with van der Waals surface area (Å²) in [5, 5.41) is 5.14. The predicted molar refractivity (Wildman–Crippen MR) is 126 cm³/mol. The third kappa shape index (κ3) is 4.94. The first-order valence-electron chi connectivity index (χ1n) is 10.8. The molecule has 2 aromatic carbocycles. The first-order chi connectivity index (χ1) is 15.0. The molecule has 0 fully saturated rings. The summed E-state index contributed by atoms with van der Waals surface area (Å²) in [5.41, 5.74) is 6.56. The van der Waals surface area contributed by atoms with Crippen LogP contribution in [-0.2, 0) is 13.1 Å². The van der Waals surface area contributed by atoms with E-state index in [1.54, 1.807) is 17.7 Å². The van der Waals surface area contributed by atoms with Crippen molar-refractivity contribution in [3.63, 3.8) is 0 Å². The number of nitrogens with zero attached hydrogens (tertiary/aromatic N) is 3. The average molecular weight is 423 g/mol. The third-order valence-corrected chi connectivity index (χ3v) is 5.64. The van der Waals surface area contributed by atoms with Crippen LogP contribution in [0.25, 0.3) is 10.9 Å². The molecule has 0 radical (unpaired) electrons. The van der Waals surface area contributed by atoms with Crippen LogP contribution in [-0.4, -0.2) is 35.5 Å². The SMILES string of the molecule is CCn1c(N/N=C(/C)c2ccc(OC)c(C[NH+](CC)CC)c2)nc2ccccc2c1=O. The number of benzene rings is 2. The molecule has 0 aliphatic heterocycles. The number of rotatable bonds is 9. The number of methoxy groups -OCH3 is 1. The Hall–Kier alpha value is -3.19. The fourth-order valence-electron chi connectivity index (χ4n) is 3.66. The Morgan fingerprint density at radius 1 is 1.16 bits per heavy atom. The minimum absolute atomic E-state index is 0.0719. The lowest BCUT2D eigenvalue weighted by molar-refractivity contribution is -0.910. The molecule has 31 heavy (non-hydrogen) atoms. The van der Waals surface area contributed by atoms with Gasteiger partial charge < -0.3 is 9.64 Å². The maximum absolute atomic E-state index is 12.8. The van der Waals surface area contributed by atoms with Crippen LogP contribution in [0.1, 0.15) is 38.8 Å². The molecule has 0 spiro atoms. The smallest absolute Gasteiger partial charge is 0.262 e. The summed E-state index contributed by atoms with van der Waals surface area (Å²) in [5.74, 6) is 1.33. The molecule has 0 saturated carbocycles. The molecule has 7 nitrogen and oxygen atoms in total. The topological polar surface area (TPSA) is 72.9 Å². The van der Waals surface area contributed by atoms with Crippen LogP contribution in [0.3, 0.4) is 0 Å². The number of para-hydroxylation sites is 1. The zero-order valence-corrected chi connectivity index (χ0v) is 19.0. The van der Waals surface area contributed by atoms with Gasteiger partial charge in [0.25, 0.3) is 5.56 Å². The van der Waals surface area contributed by atoms with Crippen molar-refractivity contribution in [2.45, 2.75) is 40.8 Å². The standard InChI is InChI=1S/C24H31N5O2/c1-6-28(7-2)16-19-15-18(13-14-22(19)31-5)17(4)26-27-24-25-21-12-10-9-11-20(21)23(30)29(24)8-3/h9-15H,6-8,16H2,1-5H3,(H,25,27)/p+1/b26-17-. The second kappa shape index (κ2) is 10.2. The van der Waals surface area contributed by atoms with Crippen molar-refractivity contribution < 1.29 is 9.64 Å². The summed E-state index contributed by atoms with van der Waals surface area (Å²) in [6.07, 6.45) is 0. The highest BCUT2D eigenvalue weighted by atomic mass is 16.5. The number of nitrogens with one attached hydrogen (secondary N) is 2. The molecule has 1 aromatic heterocycles. The molecule has 2 N–H and O–H groups in total. The van der Waals surface area contributed by atoms with E-state index in [-0.39, 0.29) is 5.56 Å². The van der Waals surface area contributed by atoms with Crippen LogP contribution >= 0.6 is 0 Å². The quantitative estimate of drug-likeness (QED) is 0.411. The molecule has 3 aromatic rings. The molecule has 0 unspecified atom stereocenters. The Kier molecular flexibility index (Phi) is 7.41. The van der Waals surface area contributed by atoms with Crippen molar-refractivity contribution in [3.05, 3.63) is 63.9 Å². The molecule has 164 valence electrons. The van der Waals surface area contributed by atoms with Crippen molar-refractivity contribution in [2.75, 3.05) is 25.6 Å². The molecule has 0 bridgehead atoms. The van der Waals surface area contributed by atoms with E-state index >= 15 is 0 Å². The summed E-state index contributed by atoms with van der Waals surface area (Å²) in [4.78, 5) is 18.9. The Bertz CT molecular complexity index is 1130. The molecule has 0 atom stereocenters. The van der Waals surface area contributed by atoms with E-state index in [4.69, 9.17) is 4.74 Å². The van der Waals surface area contributed by atoms with Gasteiger partial charge in [-0.2, -0.15) is 5.10 Å². The summed E-state index contributed by atoms with van der Waals surface area (Å²) < 4.78 is 7.17. The van der Waals surface area contributed by atoms with Crippen LogP contribution in [0.4, 0.5) is 5.95 Å². The fourth-order valence-corrected chi connectivity index (χ4v) is 3.66. The van der Waals surface area contributed by atoms with Gasteiger partial charge in [-0.05, 0) is 63.6 Å². The monoisotopic (exact) mass is 422 g/mol. The maximum Gasteiger partial charge on any atom is 0.262 e. The fraction of sp³-hybridized carbons (Fsp3) is 0.375. The zero-order chi connectivity index (χ0) is 22.4. The molecule has 1 heterocycles. The Labute approximate surface area is 183 Å². The van der Waals surface area contributed by atoms with Gasteiger partial charge >= 0.3 is 0 Å². The highest BCUT2D eigenvalue weighted by molar-refractivity contribution is 5.99. The van der Waals surface area contributed by atoms with E-state index in [2.05, 4.69) is 35.4 Å². The predicted octanol–water partition coefficient (Wildman–Crippen LogP) is 2.69. The number of quaternary nitrogens is 1. The lowest BCUT2D eigenvalue weighted by Crippen LogP contribution is -3.10. The minimum atomic E-state index is -0.0719. The summed E-state index contributed by atoms with van der Waals surface area (Å²) in [6, 6.07) is 13.5. The highest BCUT2D eigenvalue weighted by Crippen LogP contribution is 2.20. The lowest BCUT2D eigenvalue weighted by Gasteiger charge is -2.18. The number of hydrazone groups is 1. The summed E-state index contributed by atoms with van der Waals surface area (Å²) >= 11 is 0. The van der Waals surface area contributed by atoms with Gasteiger partial charge in [0.2, 0.25) is 5.95 Å². The molecular formula is C24H32N5O2+. The van der Waals surface area contributed by atoms with Gasteiger partial charge in [-0.3, -0.25) is 9.36 Å². The van der Waals surface area contributed by atoms with E-state index in [0.29, 0.717) is 23.4 Å². The largest absolute Gasteiger partial charge is 0.496 e. The number of ether oxygens (including phenoxy) is 1. The third-order valence-electron chi connectivity index (χ3n) is 5.64. The van der Waals surface area contributed by atoms with Gasteiger partial charge in [-0.1, -0.05) is 12.1 Å². The Morgan fingerprint density at radius 3 is 2.58 bits per heavy atom. The first kappa shape index (κ1) is 22.5. The lowest BCUT2D eigenvalue weighted by atomic mass is 10.1.